The molecule has 0 bridgehead atoms. The molecule has 1 aliphatic heterocycles. The van der Waals surface area contributed by atoms with Crippen LogP contribution >= 0.6 is 11.6 Å². The Kier molecular flexibility index (Phi) is 3.59. The van der Waals surface area contributed by atoms with Crippen molar-refractivity contribution in [2.75, 3.05) is 26.2 Å². The van der Waals surface area contributed by atoms with Gasteiger partial charge in [-0.05, 0) is 18.2 Å². The number of hydrogen-bond acceptors (Lipinski definition) is 2. The summed E-state index contributed by atoms with van der Waals surface area (Å²) in [5.41, 5.74) is 1.41. The summed E-state index contributed by atoms with van der Waals surface area (Å²) in [4.78, 5) is 30.4. The van der Waals surface area contributed by atoms with Crippen LogP contribution in [-0.2, 0) is 4.79 Å². The van der Waals surface area contributed by atoms with Crippen LogP contribution in [0.25, 0.3) is 10.9 Å². The maximum atomic E-state index is 12.5. The van der Waals surface area contributed by atoms with E-state index in [2.05, 4.69) is 4.98 Å². The van der Waals surface area contributed by atoms with Crippen molar-refractivity contribution in [1.29, 1.82) is 0 Å². The van der Waals surface area contributed by atoms with Gasteiger partial charge >= 0.3 is 0 Å². The lowest BCUT2D eigenvalue weighted by molar-refractivity contribution is -0.130. The monoisotopic (exact) mass is 305 g/mol. The number of carbonyl (C=O) groups is 2. The molecule has 0 radical (unpaired) electrons. The number of benzene rings is 1. The van der Waals surface area contributed by atoms with Gasteiger partial charge in [-0.15, -0.1) is 0 Å². The Morgan fingerprint density at radius 1 is 1.10 bits per heavy atom. The van der Waals surface area contributed by atoms with Crippen LogP contribution in [0, 0.1) is 0 Å². The van der Waals surface area contributed by atoms with Crippen LogP contribution in [0.2, 0.25) is 5.02 Å². The highest BCUT2D eigenvalue weighted by Crippen LogP contribution is 2.21. The zero-order chi connectivity index (χ0) is 15.0. The van der Waals surface area contributed by atoms with Gasteiger partial charge in [0.15, 0.2) is 0 Å². The van der Waals surface area contributed by atoms with E-state index in [9.17, 15) is 9.59 Å². The van der Waals surface area contributed by atoms with Crippen LogP contribution in [0.5, 0.6) is 0 Å². The first-order valence-corrected chi connectivity index (χ1v) is 7.25. The lowest BCUT2D eigenvalue weighted by atomic mass is 10.2. The molecule has 110 valence electrons. The summed E-state index contributed by atoms with van der Waals surface area (Å²) in [5, 5.41) is 1.60. The Labute approximate surface area is 127 Å². The van der Waals surface area contributed by atoms with Crippen LogP contribution in [-0.4, -0.2) is 52.8 Å². The van der Waals surface area contributed by atoms with Gasteiger partial charge in [-0.1, -0.05) is 17.7 Å². The lowest BCUT2D eigenvalue weighted by Crippen LogP contribution is -2.50. The number of piperazine rings is 1. The number of halogens is 1. The quantitative estimate of drug-likeness (QED) is 0.877. The minimum atomic E-state index is -0.0366. The first kappa shape index (κ1) is 13.9. The second kappa shape index (κ2) is 5.41. The van der Waals surface area contributed by atoms with Gasteiger partial charge in [0.25, 0.3) is 5.91 Å². The molecule has 1 aromatic carbocycles. The van der Waals surface area contributed by atoms with Crippen LogP contribution in [0.4, 0.5) is 0 Å². The predicted octanol–water partition coefficient (Wildman–Crippen LogP) is 2.13. The molecule has 6 heteroatoms. The van der Waals surface area contributed by atoms with E-state index in [1.165, 1.54) is 0 Å². The molecule has 2 heterocycles. The Bertz CT molecular complexity index is 702. The Morgan fingerprint density at radius 3 is 2.43 bits per heavy atom. The van der Waals surface area contributed by atoms with Crippen LogP contribution in [0.1, 0.15) is 17.4 Å². The van der Waals surface area contributed by atoms with Crippen molar-refractivity contribution in [2.24, 2.45) is 0 Å². The highest BCUT2D eigenvalue weighted by molar-refractivity contribution is 6.31. The second-order valence-electron chi connectivity index (χ2n) is 5.21. The number of nitrogens with zero attached hydrogens (tertiary/aromatic N) is 2. The Hall–Kier alpha value is -2.01. The van der Waals surface area contributed by atoms with Gasteiger partial charge in [0.05, 0.1) is 0 Å². The molecule has 1 fully saturated rings. The fraction of sp³-hybridized carbons (Fsp3) is 0.333. The van der Waals surface area contributed by atoms with Gasteiger partial charge in [-0.2, -0.15) is 0 Å². The molecule has 0 atom stereocenters. The van der Waals surface area contributed by atoms with Crippen molar-refractivity contribution in [2.45, 2.75) is 6.92 Å². The fourth-order valence-corrected chi connectivity index (χ4v) is 2.78. The third-order valence-electron chi connectivity index (χ3n) is 3.83. The average Bonchev–Trinajstić information content (AvgIpc) is 2.89. The van der Waals surface area contributed by atoms with E-state index in [0.29, 0.717) is 36.9 Å². The normalized spacial score (nSPS) is 15.5. The summed E-state index contributed by atoms with van der Waals surface area (Å²) in [7, 11) is 0. The fourth-order valence-electron chi connectivity index (χ4n) is 2.61. The van der Waals surface area contributed by atoms with Crippen molar-refractivity contribution >= 4 is 34.3 Å². The molecule has 21 heavy (non-hydrogen) atoms. The SMILES string of the molecule is CC(=O)N1CCN(C(=O)c2cc3ccc(Cl)cc3[nH]2)CC1. The van der Waals surface area contributed by atoms with E-state index in [1.54, 1.807) is 28.9 Å². The number of nitrogens with one attached hydrogen (secondary N) is 1. The van der Waals surface area contributed by atoms with E-state index in [-0.39, 0.29) is 11.8 Å². The molecule has 5 nitrogen and oxygen atoms in total. The lowest BCUT2D eigenvalue weighted by Gasteiger charge is -2.33. The first-order valence-electron chi connectivity index (χ1n) is 6.87. The third kappa shape index (κ3) is 2.74. The number of H-pyrrole nitrogens is 1. The summed E-state index contributed by atoms with van der Waals surface area (Å²) < 4.78 is 0. The molecule has 0 saturated carbocycles. The van der Waals surface area contributed by atoms with E-state index in [4.69, 9.17) is 11.6 Å². The van der Waals surface area contributed by atoms with Crippen LogP contribution < -0.4 is 0 Å². The van der Waals surface area contributed by atoms with Crippen molar-refractivity contribution < 1.29 is 9.59 Å². The van der Waals surface area contributed by atoms with Gasteiger partial charge in [0.1, 0.15) is 5.69 Å². The molecule has 1 aliphatic rings. The third-order valence-corrected chi connectivity index (χ3v) is 4.06. The average molecular weight is 306 g/mol. The number of aromatic nitrogens is 1. The summed E-state index contributed by atoms with van der Waals surface area (Å²) in [6, 6.07) is 7.34. The molecule has 0 aliphatic carbocycles. The number of carbonyl (C=O) groups excluding carboxylic acids is 2. The van der Waals surface area contributed by atoms with E-state index >= 15 is 0 Å². The minimum Gasteiger partial charge on any atom is -0.350 e. The van der Waals surface area contributed by atoms with Gasteiger partial charge < -0.3 is 14.8 Å². The highest BCUT2D eigenvalue weighted by atomic mass is 35.5. The van der Waals surface area contributed by atoms with E-state index in [0.717, 1.165) is 10.9 Å². The summed E-state index contributed by atoms with van der Waals surface area (Å²) in [6.45, 7) is 3.86. The minimum absolute atomic E-state index is 0.0366. The topological polar surface area (TPSA) is 56.4 Å². The number of rotatable bonds is 1. The van der Waals surface area contributed by atoms with E-state index in [1.807, 2.05) is 12.1 Å². The predicted molar refractivity (Wildman–Crippen MR) is 81.5 cm³/mol. The molecule has 1 N–H and O–H groups in total. The Balaban J connectivity index is 1.76. The summed E-state index contributed by atoms with van der Waals surface area (Å²) in [6.07, 6.45) is 0. The molecular weight excluding hydrogens is 290 g/mol. The molecule has 0 unspecified atom stereocenters. The maximum absolute atomic E-state index is 12.5. The zero-order valence-electron chi connectivity index (χ0n) is 11.7. The largest absolute Gasteiger partial charge is 0.350 e. The standard InChI is InChI=1S/C15H16ClN3O2/c1-10(20)18-4-6-19(7-5-18)15(21)14-8-11-2-3-12(16)9-13(11)17-14/h2-3,8-9,17H,4-7H2,1H3. The molecule has 3 rings (SSSR count). The van der Waals surface area contributed by atoms with Crippen molar-refractivity contribution in [3.8, 4) is 0 Å². The molecule has 2 aromatic rings. The van der Waals surface area contributed by atoms with Gasteiger partial charge in [-0.3, -0.25) is 9.59 Å². The van der Waals surface area contributed by atoms with Crippen molar-refractivity contribution in [3.63, 3.8) is 0 Å². The molecule has 0 spiro atoms. The second-order valence-corrected chi connectivity index (χ2v) is 5.65. The van der Waals surface area contributed by atoms with E-state index < -0.39 is 0 Å². The molecule has 2 amide bonds. The molecule has 1 saturated heterocycles. The maximum Gasteiger partial charge on any atom is 0.270 e. The zero-order valence-corrected chi connectivity index (χ0v) is 12.5. The Morgan fingerprint density at radius 2 is 1.76 bits per heavy atom. The van der Waals surface area contributed by atoms with Gasteiger partial charge in [0.2, 0.25) is 5.91 Å². The number of hydrogen-bond donors (Lipinski definition) is 1. The highest BCUT2D eigenvalue weighted by Gasteiger charge is 2.24. The van der Waals surface area contributed by atoms with Gasteiger partial charge in [0, 0.05) is 49.0 Å². The molecular formula is C15H16ClN3O2. The summed E-state index contributed by atoms with van der Waals surface area (Å²) in [5.74, 6) is 0.0212. The first-order chi connectivity index (χ1) is 10.0. The van der Waals surface area contributed by atoms with Crippen molar-refractivity contribution in [1.82, 2.24) is 14.8 Å². The molecule has 1 aromatic heterocycles. The van der Waals surface area contributed by atoms with Crippen LogP contribution in [0.3, 0.4) is 0 Å². The van der Waals surface area contributed by atoms with Crippen molar-refractivity contribution in [3.05, 3.63) is 35.0 Å². The summed E-state index contributed by atoms with van der Waals surface area (Å²) >= 11 is 5.95. The van der Waals surface area contributed by atoms with Crippen LogP contribution in [0.15, 0.2) is 24.3 Å². The number of fused-ring (bicyclic) bond motifs is 1. The number of aromatic amines is 1. The van der Waals surface area contributed by atoms with Gasteiger partial charge in [-0.25, -0.2) is 0 Å². The smallest absolute Gasteiger partial charge is 0.270 e. The number of amides is 2.